The standard InChI is InChI=1S/C21H27N3O2/c1-15(2)14-18(22)21-23-19-6-4-5-7-20(19)24(21)12-13-26-17-10-8-16(25-3)9-11-17/h4-11,15,18H,12-14,22H2,1-3H3. The van der Waals surface area contributed by atoms with Gasteiger partial charge in [-0.15, -0.1) is 0 Å². The number of hydrogen-bond donors (Lipinski definition) is 1. The Balaban J connectivity index is 1.76. The summed E-state index contributed by atoms with van der Waals surface area (Å²) in [6.07, 6.45) is 0.905. The van der Waals surface area contributed by atoms with Crippen molar-refractivity contribution in [2.45, 2.75) is 32.9 Å². The molecule has 3 aromatic rings. The van der Waals surface area contributed by atoms with E-state index in [9.17, 15) is 0 Å². The number of hydrogen-bond acceptors (Lipinski definition) is 4. The van der Waals surface area contributed by atoms with Crippen molar-refractivity contribution in [2.24, 2.45) is 11.7 Å². The highest BCUT2D eigenvalue weighted by Crippen LogP contribution is 2.24. The van der Waals surface area contributed by atoms with Gasteiger partial charge in [0, 0.05) is 0 Å². The molecule has 1 aromatic heterocycles. The summed E-state index contributed by atoms with van der Waals surface area (Å²) in [4.78, 5) is 4.78. The van der Waals surface area contributed by atoms with Gasteiger partial charge in [-0.25, -0.2) is 4.98 Å². The topological polar surface area (TPSA) is 62.3 Å². The molecule has 0 saturated heterocycles. The van der Waals surface area contributed by atoms with Crippen molar-refractivity contribution in [3.8, 4) is 11.5 Å². The highest BCUT2D eigenvalue weighted by molar-refractivity contribution is 5.76. The smallest absolute Gasteiger partial charge is 0.126 e. The van der Waals surface area contributed by atoms with E-state index >= 15 is 0 Å². The predicted octanol–water partition coefficient (Wildman–Crippen LogP) is 4.17. The molecule has 0 bridgehead atoms. The number of rotatable bonds is 8. The lowest BCUT2D eigenvalue weighted by Gasteiger charge is -2.17. The molecule has 26 heavy (non-hydrogen) atoms. The molecule has 5 nitrogen and oxygen atoms in total. The van der Waals surface area contributed by atoms with Crippen molar-refractivity contribution in [2.75, 3.05) is 13.7 Å². The quantitative estimate of drug-likeness (QED) is 0.660. The maximum absolute atomic E-state index is 6.44. The average molecular weight is 353 g/mol. The molecule has 1 heterocycles. The molecule has 5 heteroatoms. The zero-order valence-electron chi connectivity index (χ0n) is 15.7. The minimum absolute atomic E-state index is 0.0802. The lowest BCUT2D eigenvalue weighted by atomic mass is 10.0. The number of nitrogens with zero attached hydrogens (tertiary/aromatic N) is 2. The summed E-state index contributed by atoms with van der Waals surface area (Å²) in [5.41, 5.74) is 8.51. The second-order valence-corrected chi connectivity index (χ2v) is 6.87. The predicted molar refractivity (Wildman–Crippen MR) is 105 cm³/mol. The zero-order chi connectivity index (χ0) is 18.5. The Morgan fingerprint density at radius 1 is 1.04 bits per heavy atom. The molecule has 3 rings (SSSR count). The molecule has 1 atom stereocenters. The Morgan fingerprint density at radius 2 is 1.73 bits per heavy atom. The molecule has 138 valence electrons. The summed E-state index contributed by atoms with van der Waals surface area (Å²) in [6, 6.07) is 15.7. The number of imidazole rings is 1. The van der Waals surface area contributed by atoms with E-state index in [2.05, 4.69) is 24.5 Å². The third-order valence-corrected chi connectivity index (χ3v) is 4.38. The van der Waals surface area contributed by atoms with Gasteiger partial charge in [0.15, 0.2) is 0 Å². The summed E-state index contributed by atoms with van der Waals surface area (Å²) in [5, 5.41) is 0. The molecule has 0 spiro atoms. The first-order chi connectivity index (χ1) is 12.6. The van der Waals surface area contributed by atoms with Crippen LogP contribution in [-0.2, 0) is 6.54 Å². The van der Waals surface area contributed by atoms with E-state index in [-0.39, 0.29) is 6.04 Å². The van der Waals surface area contributed by atoms with Crippen molar-refractivity contribution in [1.82, 2.24) is 9.55 Å². The molecule has 0 aliphatic carbocycles. The summed E-state index contributed by atoms with van der Waals surface area (Å²) in [5.74, 6) is 3.09. The third kappa shape index (κ3) is 4.17. The van der Waals surface area contributed by atoms with Crippen LogP contribution >= 0.6 is 0 Å². The summed E-state index contributed by atoms with van der Waals surface area (Å²) < 4.78 is 13.3. The molecule has 0 saturated carbocycles. The molecule has 2 aromatic carbocycles. The van der Waals surface area contributed by atoms with Crippen LogP contribution in [0.5, 0.6) is 11.5 Å². The van der Waals surface area contributed by atoms with Gasteiger partial charge in [0.05, 0.1) is 30.7 Å². The summed E-state index contributed by atoms with van der Waals surface area (Å²) in [6.45, 7) is 5.61. The highest BCUT2D eigenvalue weighted by atomic mass is 16.5. The minimum Gasteiger partial charge on any atom is -0.497 e. The Kier molecular flexibility index (Phi) is 5.78. The maximum atomic E-state index is 6.44. The van der Waals surface area contributed by atoms with Crippen LogP contribution in [0.15, 0.2) is 48.5 Å². The van der Waals surface area contributed by atoms with Crippen LogP contribution in [0.25, 0.3) is 11.0 Å². The third-order valence-electron chi connectivity index (χ3n) is 4.38. The number of para-hydroxylation sites is 2. The van der Waals surface area contributed by atoms with E-state index in [1.165, 1.54) is 0 Å². The molecular formula is C21H27N3O2. The Hall–Kier alpha value is -2.53. The van der Waals surface area contributed by atoms with Gasteiger partial charge in [-0.05, 0) is 48.7 Å². The van der Waals surface area contributed by atoms with Gasteiger partial charge < -0.3 is 19.8 Å². The number of methoxy groups -OCH3 is 1. The normalized spacial score (nSPS) is 12.5. The van der Waals surface area contributed by atoms with E-state index in [1.54, 1.807) is 7.11 Å². The molecule has 0 aliphatic heterocycles. The maximum Gasteiger partial charge on any atom is 0.126 e. The average Bonchev–Trinajstić information content (AvgIpc) is 3.01. The van der Waals surface area contributed by atoms with Gasteiger partial charge in [0.1, 0.15) is 23.9 Å². The van der Waals surface area contributed by atoms with Gasteiger partial charge in [0.2, 0.25) is 0 Å². The van der Waals surface area contributed by atoms with Crippen LogP contribution < -0.4 is 15.2 Å². The van der Waals surface area contributed by atoms with Crippen LogP contribution in [-0.4, -0.2) is 23.3 Å². The highest BCUT2D eigenvalue weighted by Gasteiger charge is 2.18. The van der Waals surface area contributed by atoms with Crippen molar-refractivity contribution < 1.29 is 9.47 Å². The number of nitrogens with two attached hydrogens (primary N) is 1. The van der Waals surface area contributed by atoms with Gasteiger partial charge in [-0.1, -0.05) is 26.0 Å². The molecule has 0 aliphatic rings. The number of fused-ring (bicyclic) bond motifs is 1. The molecule has 1 unspecified atom stereocenters. The van der Waals surface area contributed by atoms with E-state index in [4.69, 9.17) is 20.2 Å². The van der Waals surface area contributed by atoms with Crippen LogP contribution in [0, 0.1) is 5.92 Å². The lowest BCUT2D eigenvalue weighted by molar-refractivity contribution is 0.295. The van der Waals surface area contributed by atoms with Crippen LogP contribution in [0.2, 0.25) is 0 Å². The van der Waals surface area contributed by atoms with Gasteiger partial charge in [0.25, 0.3) is 0 Å². The van der Waals surface area contributed by atoms with Crippen LogP contribution in [0.4, 0.5) is 0 Å². The van der Waals surface area contributed by atoms with E-state index < -0.39 is 0 Å². The van der Waals surface area contributed by atoms with Crippen LogP contribution in [0.1, 0.15) is 32.1 Å². The van der Waals surface area contributed by atoms with Gasteiger partial charge in [-0.3, -0.25) is 0 Å². The van der Waals surface area contributed by atoms with Gasteiger partial charge in [-0.2, -0.15) is 0 Å². The number of benzene rings is 2. The Labute approximate surface area is 154 Å². The first-order valence-electron chi connectivity index (χ1n) is 9.06. The van der Waals surface area contributed by atoms with Crippen molar-refractivity contribution in [3.05, 3.63) is 54.4 Å². The molecular weight excluding hydrogens is 326 g/mol. The van der Waals surface area contributed by atoms with Crippen LogP contribution in [0.3, 0.4) is 0 Å². The fourth-order valence-corrected chi connectivity index (χ4v) is 3.15. The van der Waals surface area contributed by atoms with E-state index in [0.717, 1.165) is 34.8 Å². The zero-order valence-corrected chi connectivity index (χ0v) is 15.7. The Morgan fingerprint density at radius 3 is 2.42 bits per heavy atom. The molecule has 0 amide bonds. The van der Waals surface area contributed by atoms with E-state index in [1.807, 2.05) is 42.5 Å². The second kappa shape index (κ2) is 8.23. The first-order valence-corrected chi connectivity index (χ1v) is 9.06. The first kappa shape index (κ1) is 18.3. The van der Waals surface area contributed by atoms with Crippen molar-refractivity contribution in [3.63, 3.8) is 0 Å². The van der Waals surface area contributed by atoms with Gasteiger partial charge >= 0.3 is 0 Å². The fourth-order valence-electron chi connectivity index (χ4n) is 3.15. The monoisotopic (exact) mass is 353 g/mol. The lowest BCUT2D eigenvalue weighted by Crippen LogP contribution is -2.20. The SMILES string of the molecule is COc1ccc(OCCn2c(C(N)CC(C)C)nc3ccccc32)cc1. The number of ether oxygens (including phenoxy) is 2. The molecule has 2 N–H and O–H groups in total. The Bertz CT molecular complexity index is 840. The molecule has 0 radical (unpaired) electrons. The fraction of sp³-hybridized carbons (Fsp3) is 0.381. The minimum atomic E-state index is -0.0802. The van der Waals surface area contributed by atoms with Crippen molar-refractivity contribution in [1.29, 1.82) is 0 Å². The molecule has 0 fully saturated rings. The second-order valence-electron chi connectivity index (χ2n) is 6.87. The van der Waals surface area contributed by atoms with Crippen molar-refractivity contribution >= 4 is 11.0 Å². The largest absolute Gasteiger partial charge is 0.497 e. The van der Waals surface area contributed by atoms with E-state index in [0.29, 0.717) is 19.1 Å². The summed E-state index contributed by atoms with van der Waals surface area (Å²) in [7, 11) is 1.65. The number of aromatic nitrogens is 2. The summed E-state index contributed by atoms with van der Waals surface area (Å²) >= 11 is 0.